The molecule has 238 valence electrons. The Hall–Kier alpha value is -3.28. The first-order valence-corrected chi connectivity index (χ1v) is 16.4. The van der Waals surface area contributed by atoms with Crippen molar-refractivity contribution in [3.05, 3.63) is 41.3 Å². The summed E-state index contributed by atoms with van der Waals surface area (Å²) < 4.78 is 0.885. The number of carbonyl (C=O) groups is 3. The molecule has 0 saturated carbocycles. The van der Waals surface area contributed by atoms with Gasteiger partial charge in [-0.1, -0.05) is 34.6 Å². The summed E-state index contributed by atoms with van der Waals surface area (Å²) in [6, 6.07) is 4.61. The molecule has 3 aliphatic heterocycles. The minimum absolute atomic E-state index is 0.0373. The van der Waals surface area contributed by atoms with Crippen molar-refractivity contribution in [2.75, 3.05) is 13.1 Å². The largest absolute Gasteiger partial charge is 0.508 e. The smallest absolute Gasteiger partial charge is 0.276 e. The van der Waals surface area contributed by atoms with Crippen LogP contribution in [0.4, 0.5) is 0 Å². The van der Waals surface area contributed by atoms with Crippen LogP contribution in [0.2, 0.25) is 0 Å². The highest BCUT2D eigenvalue weighted by molar-refractivity contribution is 7.19. The third-order valence-corrected chi connectivity index (χ3v) is 9.38. The topological polar surface area (TPSA) is 107 Å². The van der Waals surface area contributed by atoms with Crippen molar-refractivity contribution in [3.63, 3.8) is 0 Å². The number of thiazole rings is 1. The van der Waals surface area contributed by atoms with E-state index in [-0.39, 0.29) is 40.8 Å². The van der Waals surface area contributed by atoms with Gasteiger partial charge in [0.05, 0.1) is 16.4 Å². The lowest BCUT2D eigenvalue weighted by Crippen LogP contribution is -2.65. The van der Waals surface area contributed by atoms with Gasteiger partial charge in [-0.15, -0.1) is 11.3 Å². The lowest BCUT2D eigenvalue weighted by atomic mass is 9.85. The molecule has 1 aromatic carbocycles. The zero-order valence-electron chi connectivity index (χ0n) is 26.8. The first-order chi connectivity index (χ1) is 20.7. The number of carbonyl (C=O) groups excluding carboxylic acids is 3. The lowest BCUT2D eigenvalue weighted by molar-refractivity contribution is -0.226. The molecule has 2 aromatic rings. The Bertz CT molecular complexity index is 1470. The number of fused-ring (bicyclic) bond motifs is 2. The van der Waals surface area contributed by atoms with Crippen LogP contribution in [-0.2, 0) is 19.2 Å². The van der Waals surface area contributed by atoms with Gasteiger partial charge in [0.15, 0.2) is 11.9 Å². The van der Waals surface area contributed by atoms with Crippen LogP contribution in [0, 0.1) is 11.3 Å². The number of aromatic nitrogens is 1. The summed E-state index contributed by atoms with van der Waals surface area (Å²) in [5, 5.41) is 11.6. The molecule has 1 aromatic heterocycles. The number of phenolic OH excluding ortho intramolecular Hbond substituents is 1. The van der Waals surface area contributed by atoms with E-state index >= 15 is 0 Å². The Morgan fingerprint density at radius 1 is 1.14 bits per heavy atom. The minimum Gasteiger partial charge on any atom is -0.508 e. The van der Waals surface area contributed by atoms with Gasteiger partial charge in [-0.2, -0.15) is 5.06 Å². The lowest BCUT2D eigenvalue weighted by Gasteiger charge is -2.50. The molecule has 44 heavy (non-hydrogen) atoms. The maximum atomic E-state index is 14.2. The average Bonchev–Trinajstić information content (AvgIpc) is 3.35. The zero-order valence-corrected chi connectivity index (χ0v) is 27.6. The van der Waals surface area contributed by atoms with Crippen LogP contribution in [0.3, 0.4) is 0 Å². The van der Waals surface area contributed by atoms with Gasteiger partial charge in [0.25, 0.3) is 11.8 Å². The third kappa shape index (κ3) is 6.84. The summed E-state index contributed by atoms with van der Waals surface area (Å²) in [6.45, 7) is 16.3. The van der Waals surface area contributed by atoms with Crippen molar-refractivity contribution in [3.8, 4) is 5.75 Å². The quantitative estimate of drug-likeness (QED) is 0.415. The summed E-state index contributed by atoms with van der Waals surface area (Å²) in [5.41, 5.74) is 0.389. The number of aromatic hydroxyl groups is 1. The monoisotopic (exact) mass is 623 g/mol. The molecule has 0 spiro atoms. The molecule has 0 radical (unpaired) electrons. The normalized spacial score (nSPS) is 22.6. The van der Waals surface area contributed by atoms with E-state index in [1.54, 1.807) is 35.4 Å². The first-order valence-electron chi connectivity index (χ1n) is 15.6. The molecule has 0 bridgehead atoms. The molecule has 0 aliphatic carbocycles. The van der Waals surface area contributed by atoms with E-state index in [9.17, 15) is 19.5 Å². The van der Waals surface area contributed by atoms with Gasteiger partial charge in [0, 0.05) is 37.3 Å². The van der Waals surface area contributed by atoms with Crippen molar-refractivity contribution >= 4 is 45.4 Å². The van der Waals surface area contributed by atoms with Gasteiger partial charge in [-0.05, 0) is 69.1 Å². The van der Waals surface area contributed by atoms with Crippen LogP contribution in [0.1, 0.15) is 79.2 Å². The second-order valence-electron chi connectivity index (χ2n) is 14.0. The Labute approximate surface area is 263 Å². The van der Waals surface area contributed by atoms with E-state index < -0.39 is 18.1 Å². The number of amides is 3. The predicted molar refractivity (Wildman–Crippen MR) is 171 cm³/mol. The number of rotatable bonds is 7. The predicted octanol–water partition coefficient (Wildman–Crippen LogP) is 5.35. The summed E-state index contributed by atoms with van der Waals surface area (Å²) in [7, 11) is 0. The third-order valence-electron chi connectivity index (χ3n) is 8.38. The van der Waals surface area contributed by atoms with E-state index in [1.807, 2.05) is 13.8 Å². The maximum absolute atomic E-state index is 14.2. The van der Waals surface area contributed by atoms with Crippen LogP contribution in [0.25, 0.3) is 16.3 Å². The molecule has 4 heterocycles. The maximum Gasteiger partial charge on any atom is 0.276 e. The highest BCUT2D eigenvalue weighted by atomic mass is 32.1. The van der Waals surface area contributed by atoms with Crippen LogP contribution < -0.4 is 0 Å². The van der Waals surface area contributed by atoms with Gasteiger partial charge in [0.2, 0.25) is 5.91 Å². The number of hydroxylamine groups is 2. The number of likely N-dealkylation sites (tertiary alicyclic amines) is 1. The number of phenols is 1. The molecular weight excluding hydrogens is 578 g/mol. The van der Waals surface area contributed by atoms with Crippen molar-refractivity contribution in [2.45, 2.75) is 98.4 Å². The second kappa shape index (κ2) is 12.6. The molecule has 5 rings (SSSR count). The Balaban J connectivity index is 1.52. The second-order valence-corrected chi connectivity index (χ2v) is 15.0. The summed E-state index contributed by atoms with van der Waals surface area (Å²) in [5.74, 6) is -0.334. The van der Waals surface area contributed by atoms with Crippen LogP contribution in [-0.4, -0.2) is 84.9 Å². The van der Waals surface area contributed by atoms with E-state index in [2.05, 4.69) is 44.5 Å². The van der Waals surface area contributed by atoms with Gasteiger partial charge in [-0.3, -0.25) is 24.1 Å². The molecule has 2 atom stereocenters. The highest BCUT2D eigenvalue weighted by Crippen LogP contribution is 2.38. The van der Waals surface area contributed by atoms with Crippen molar-refractivity contribution in [1.82, 2.24) is 24.7 Å². The average molecular weight is 624 g/mol. The zero-order chi connectivity index (χ0) is 31.9. The number of hydrogen-bond acceptors (Lipinski definition) is 8. The SMILES string of the molecule is CC(C)C[C@H]1ON(C(=O)/C=C/c2nc3cc(O)ccc3s2)C2=CN(C3CCN(C(C)C)CC3)C(=O)[C@H](CC(C)(C)C)N2C1=O. The van der Waals surface area contributed by atoms with Crippen LogP contribution in [0.15, 0.2) is 36.3 Å². The molecule has 3 aliphatic rings. The number of nitrogens with zero attached hydrogens (tertiary/aromatic N) is 5. The minimum atomic E-state index is -0.897. The standard InChI is InChI=1S/C33H45N5O5S/c1-20(2)16-26-32(42)37-25(18-33(5,6)7)31(41)36(22-12-14-35(15-13-22)21(3)4)19-29(37)38(43-26)30(40)11-10-28-34-24-17-23(39)8-9-27(24)44-28/h8-11,17,19-22,25-26,39H,12-16,18H2,1-7H3/b11-10+/t25-,26+/m0/s1. The van der Waals surface area contributed by atoms with E-state index in [1.165, 1.54) is 27.4 Å². The van der Waals surface area contributed by atoms with Gasteiger partial charge >= 0.3 is 0 Å². The molecular formula is C33H45N5O5S. The van der Waals surface area contributed by atoms with Crippen LogP contribution in [0.5, 0.6) is 5.75 Å². The molecule has 10 nitrogen and oxygen atoms in total. The highest BCUT2D eigenvalue weighted by Gasteiger charge is 2.51. The van der Waals surface area contributed by atoms with Crippen molar-refractivity contribution < 1.29 is 24.3 Å². The Kier molecular flexibility index (Phi) is 9.21. The van der Waals surface area contributed by atoms with Crippen molar-refractivity contribution in [2.24, 2.45) is 11.3 Å². The fourth-order valence-corrected chi connectivity index (χ4v) is 7.02. The molecule has 0 unspecified atom stereocenters. The fourth-order valence-electron chi connectivity index (χ4n) is 6.17. The Morgan fingerprint density at radius 3 is 2.48 bits per heavy atom. The van der Waals surface area contributed by atoms with Crippen molar-refractivity contribution in [1.29, 1.82) is 0 Å². The van der Waals surface area contributed by atoms with E-state index in [0.717, 1.165) is 30.6 Å². The van der Waals surface area contributed by atoms with E-state index in [0.29, 0.717) is 29.4 Å². The van der Waals surface area contributed by atoms with Gasteiger partial charge in [0.1, 0.15) is 16.8 Å². The van der Waals surface area contributed by atoms with E-state index in [4.69, 9.17) is 4.84 Å². The Morgan fingerprint density at radius 2 is 1.84 bits per heavy atom. The molecule has 3 amide bonds. The van der Waals surface area contributed by atoms with Gasteiger partial charge < -0.3 is 14.9 Å². The summed E-state index contributed by atoms with van der Waals surface area (Å²) in [4.78, 5) is 58.5. The number of piperidine rings is 1. The molecule has 2 fully saturated rings. The summed E-state index contributed by atoms with van der Waals surface area (Å²) >= 11 is 1.40. The number of hydrogen-bond donors (Lipinski definition) is 1. The number of benzene rings is 1. The van der Waals surface area contributed by atoms with Gasteiger partial charge in [-0.25, -0.2) is 4.98 Å². The molecule has 1 N–H and O–H groups in total. The van der Waals surface area contributed by atoms with Crippen LogP contribution >= 0.6 is 11.3 Å². The summed E-state index contributed by atoms with van der Waals surface area (Å²) in [6.07, 6.45) is 6.24. The first kappa shape index (κ1) is 32.1. The fraction of sp³-hybridized carbons (Fsp3) is 0.576. The molecule has 11 heteroatoms. The molecule has 2 saturated heterocycles.